The molecule has 0 saturated carbocycles. The number of anilines is 1. The summed E-state index contributed by atoms with van der Waals surface area (Å²) in [6, 6.07) is 6.45. The Balaban J connectivity index is 2.11. The van der Waals surface area contributed by atoms with E-state index in [1.54, 1.807) is 0 Å². The van der Waals surface area contributed by atoms with E-state index in [2.05, 4.69) is 5.32 Å². The third-order valence-electron chi connectivity index (χ3n) is 2.13. The summed E-state index contributed by atoms with van der Waals surface area (Å²) in [6.45, 7) is 0. The fourth-order valence-electron chi connectivity index (χ4n) is 1.28. The lowest BCUT2D eigenvalue weighted by atomic mass is 10.2. The van der Waals surface area contributed by atoms with Crippen molar-refractivity contribution >= 4 is 27.9 Å². The van der Waals surface area contributed by atoms with Crippen molar-refractivity contribution in [2.24, 2.45) is 0 Å². The molecule has 1 N–H and O–H groups in total. The summed E-state index contributed by atoms with van der Waals surface area (Å²) in [4.78, 5) is 21.6. The molecule has 18 heavy (non-hydrogen) atoms. The number of benzene rings is 1. The van der Waals surface area contributed by atoms with Gasteiger partial charge in [-0.25, -0.2) is 4.39 Å². The van der Waals surface area contributed by atoms with Crippen LogP contribution in [0.5, 0.6) is 0 Å². The monoisotopic (exact) mass is 266 g/mol. The Morgan fingerprint density at radius 1 is 1.33 bits per heavy atom. The van der Waals surface area contributed by atoms with Gasteiger partial charge in [0.15, 0.2) is 0 Å². The Bertz CT molecular complexity index is 595. The molecule has 0 unspecified atom stereocenters. The van der Waals surface area contributed by atoms with E-state index in [0.717, 1.165) is 11.3 Å². The number of carbonyl (C=O) groups is 1. The van der Waals surface area contributed by atoms with Crippen molar-refractivity contribution in [2.75, 3.05) is 5.32 Å². The number of carbonyl (C=O) groups excluding carboxylic acids is 1. The molecule has 2 aromatic rings. The Morgan fingerprint density at radius 3 is 2.56 bits per heavy atom. The average Bonchev–Trinajstić information content (AvgIpc) is 2.81. The highest BCUT2D eigenvalue weighted by molar-refractivity contribution is 7.13. The second-order valence-electron chi connectivity index (χ2n) is 3.39. The number of nitrogens with one attached hydrogen (secondary N) is 1. The van der Waals surface area contributed by atoms with Gasteiger partial charge in [0, 0.05) is 17.1 Å². The van der Waals surface area contributed by atoms with Crippen LogP contribution in [0.25, 0.3) is 0 Å². The maximum absolute atomic E-state index is 12.7. The van der Waals surface area contributed by atoms with E-state index < -0.39 is 16.6 Å². The smallest absolute Gasteiger partial charge is 0.322 e. The minimum absolute atomic E-state index is 0.0979. The molecule has 0 atom stereocenters. The lowest BCUT2D eigenvalue weighted by Crippen LogP contribution is -2.10. The van der Waals surface area contributed by atoms with Gasteiger partial charge in [0.1, 0.15) is 5.82 Å². The normalized spacial score (nSPS) is 10.1. The van der Waals surface area contributed by atoms with Crippen molar-refractivity contribution in [3.63, 3.8) is 0 Å². The minimum atomic E-state index is -0.556. The van der Waals surface area contributed by atoms with Gasteiger partial charge in [0.25, 0.3) is 5.91 Å². The van der Waals surface area contributed by atoms with Crippen LogP contribution in [0, 0.1) is 15.9 Å². The SMILES string of the molecule is O=C(Nc1ccc(F)cc1)c1csc([N+](=O)[O-])c1. The summed E-state index contributed by atoms with van der Waals surface area (Å²) in [5.41, 5.74) is 0.631. The largest absolute Gasteiger partial charge is 0.324 e. The molecule has 7 heteroatoms. The van der Waals surface area contributed by atoms with Crippen LogP contribution in [-0.4, -0.2) is 10.8 Å². The standard InChI is InChI=1S/C11H7FN2O3S/c12-8-1-3-9(4-2-8)13-11(15)7-5-10(14(16)17)18-6-7/h1-6H,(H,13,15). The quantitative estimate of drug-likeness (QED) is 0.685. The molecule has 1 aromatic carbocycles. The van der Waals surface area contributed by atoms with E-state index in [4.69, 9.17) is 0 Å². The van der Waals surface area contributed by atoms with Crippen molar-refractivity contribution in [3.05, 3.63) is 57.2 Å². The molecule has 0 bridgehead atoms. The molecule has 0 aliphatic rings. The second kappa shape index (κ2) is 4.92. The molecule has 0 aliphatic heterocycles. The molecular weight excluding hydrogens is 259 g/mol. The van der Waals surface area contributed by atoms with Crippen molar-refractivity contribution in [1.29, 1.82) is 0 Å². The number of hydrogen-bond acceptors (Lipinski definition) is 4. The first-order chi connectivity index (χ1) is 8.56. The molecule has 0 aliphatic carbocycles. The van der Waals surface area contributed by atoms with Gasteiger partial charge in [-0.3, -0.25) is 14.9 Å². The number of hydrogen-bond donors (Lipinski definition) is 1. The second-order valence-corrected chi connectivity index (χ2v) is 4.28. The van der Waals surface area contributed by atoms with Crippen LogP contribution < -0.4 is 5.32 Å². The van der Waals surface area contributed by atoms with Gasteiger partial charge in [0.2, 0.25) is 0 Å². The van der Waals surface area contributed by atoms with Gasteiger partial charge in [0.05, 0.1) is 10.5 Å². The molecule has 0 spiro atoms. The summed E-state index contributed by atoms with van der Waals surface area (Å²) >= 11 is 0.879. The minimum Gasteiger partial charge on any atom is -0.322 e. The van der Waals surface area contributed by atoms with Crippen molar-refractivity contribution < 1.29 is 14.1 Å². The van der Waals surface area contributed by atoms with Crippen LogP contribution in [0.2, 0.25) is 0 Å². The van der Waals surface area contributed by atoms with Crippen LogP contribution in [-0.2, 0) is 0 Å². The molecule has 0 radical (unpaired) electrons. The zero-order valence-electron chi connectivity index (χ0n) is 8.92. The predicted octanol–water partition coefficient (Wildman–Crippen LogP) is 3.05. The fraction of sp³-hybridized carbons (Fsp3) is 0. The molecule has 5 nitrogen and oxygen atoms in total. The van der Waals surface area contributed by atoms with Gasteiger partial charge < -0.3 is 5.32 Å². The number of halogens is 1. The van der Waals surface area contributed by atoms with Crippen LogP contribution in [0.3, 0.4) is 0 Å². The number of nitrogens with zero attached hydrogens (tertiary/aromatic N) is 1. The van der Waals surface area contributed by atoms with Crippen molar-refractivity contribution in [3.8, 4) is 0 Å². The Hall–Kier alpha value is -2.28. The molecule has 1 aromatic heterocycles. The average molecular weight is 266 g/mol. The highest BCUT2D eigenvalue weighted by Gasteiger charge is 2.14. The third-order valence-corrected chi connectivity index (χ3v) is 3.01. The number of rotatable bonds is 3. The summed E-state index contributed by atoms with van der Waals surface area (Å²) in [5, 5.41) is 14.3. The third kappa shape index (κ3) is 2.69. The predicted molar refractivity (Wildman–Crippen MR) is 65.3 cm³/mol. The maximum Gasteiger partial charge on any atom is 0.324 e. The molecule has 1 amide bonds. The lowest BCUT2D eigenvalue weighted by molar-refractivity contribution is -0.380. The number of nitro groups is 1. The Kier molecular flexibility index (Phi) is 3.33. The molecule has 1 heterocycles. The molecule has 92 valence electrons. The summed E-state index contributed by atoms with van der Waals surface area (Å²) in [5.74, 6) is -0.870. The first kappa shape index (κ1) is 12.2. The number of amides is 1. The lowest BCUT2D eigenvalue weighted by Gasteiger charge is -2.02. The molecule has 0 fully saturated rings. The van der Waals surface area contributed by atoms with E-state index in [1.807, 2.05) is 0 Å². The first-order valence-electron chi connectivity index (χ1n) is 4.86. The summed E-state index contributed by atoms with van der Waals surface area (Å²) in [6.07, 6.45) is 0. The van der Waals surface area contributed by atoms with Crippen molar-refractivity contribution in [1.82, 2.24) is 0 Å². The highest BCUT2D eigenvalue weighted by Crippen LogP contribution is 2.23. The molecule has 0 saturated heterocycles. The molecular formula is C11H7FN2O3S. The van der Waals surface area contributed by atoms with Gasteiger partial charge in [-0.2, -0.15) is 0 Å². The fourth-order valence-corrected chi connectivity index (χ4v) is 1.98. The van der Waals surface area contributed by atoms with E-state index in [1.165, 1.54) is 35.7 Å². The zero-order valence-corrected chi connectivity index (χ0v) is 9.74. The van der Waals surface area contributed by atoms with E-state index in [-0.39, 0.29) is 10.6 Å². The van der Waals surface area contributed by atoms with Gasteiger partial charge in [-0.15, -0.1) is 0 Å². The number of thiophene rings is 1. The Morgan fingerprint density at radius 2 is 2.00 bits per heavy atom. The highest BCUT2D eigenvalue weighted by atomic mass is 32.1. The van der Waals surface area contributed by atoms with Crippen molar-refractivity contribution in [2.45, 2.75) is 0 Å². The van der Waals surface area contributed by atoms with Crippen LogP contribution in [0.4, 0.5) is 15.1 Å². The van der Waals surface area contributed by atoms with Crippen LogP contribution in [0.15, 0.2) is 35.7 Å². The van der Waals surface area contributed by atoms with E-state index in [0.29, 0.717) is 5.69 Å². The van der Waals surface area contributed by atoms with E-state index in [9.17, 15) is 19.3 Å². The van der Waals surface area contributed by atoms with Crippen LogP contribution in [0.1, 0.15) is 10.4 Å². The summed E-state index contributed by atoms with van der Waals surface area (Å²) in [7, 11) is 0. The maximum atomic E-state index is 12.7. The first-order valence-corrected chi connectivity index (χ1v) is 5.74. The summed E-state index contributed by atoms with van der Waals surface area (Å²) < 4.78 is 12.7. The molecule has 2 rings (SSSR count). The topological polar surface area (TPSA) is 72.2 Å². The Labute approximate surface area is 105 Å². The van der Waals surface area contributed by atoms with E-state index >= 15 is 0 Å². The van der Waals surface area contributed by atoms with Gasteiger partial charge in [-0.05, 0) is 24.3 Å². The van der Waals surface area contributed by atoms with Crippen LogP contribution >= 0.6 is 11.3 Å². The zero-order chi connectivity index (χ0) is 13.1. The van der Waals surface area contributed by atoms with Gasteiger partial charge >= 0.3 is 5.00 Å². The van der Waals surface area contributed by atoms with Gasteiger partial charge in [-0.1, -0.05) is 11.3 Å².